The molecule has 2 N–H and O–H groups in total. The van der Waals surface area contributed by atoms with Crippen LogP contribution in [-0.2, 0) is 0 Å². The van der Waals surface area contributed by atoms with Crippen LogP contribution in [0, 0.1) is 15.9 Å². The van der Waals surface area contributed by atoms with Gasteiger partial charge in [0.05, 0.1) is 11.5 Å². The second kappa shape index (κ2) is 4.63. The SMILES string of the molecule is Cl.N[C@@H]1CCOc2c1ccc(F)c2[N+](=O)[O-]. The van der Waals surface area contributed by atoms with Crippen LogP contribution < -0.4 is 10.5 Å². The largest absolute Gasteiger partial charge is 0.486 e. The molecule has 0 fully saturated rings. The van der Waals surface area contributed by atoms with Crippen molar-refractivity contribution in [1.82, 2.24) is 0 Å². The molecule has 88 valence electrons. The fourth-order valence-corrected chi connectivity index (χ4v) is 1.62. The van der Waals surface area contributed by atoms with Gasteiger partial charge < -0.3 is 10.5 Å². The zero-order chi connectivity index (χ0) is 11.0. The van der Waals surface area contributed by atoms with Gasteiger partial charge in [0, 0.05) is 18.0 Å². The van der Waals surface area contributed by atoms with E-state index in [1.807, 2.05) is 0 Å². The fraction of sp³-hybridized carbons (Fsp3) is 0.333. The first kappa shape index (κ1) is 12.7. The number of nitro groups is 1. The molecule has 0 bridgehead atoms. The lowest BCUT2D eigenvalue weighted by Gasteiger charge is -2.22. The maximum absolute atomic E-state index is 13.2. The monoisotopic (exact) mass is 248 g/mol. The molecule has 2 rings (SSSR count). The minimum atomic E-state index is -0.896. The van der Waals surface area contributed by atoms with Gasteiger partial charge in [-0.05, 0) is 6.07 Å². The van der Waals surface area contributed by atoms with Crippen LogP contribution in [0.3, 0.4) is 0 Å². The molecule has 0 aromatic heterocycles. The summed E-state index contributed by atoms with van der Waals surface area (Å²) >= 11 is 0. The highest BCUT2D eigenvalue weighted by atomic mass is 35.5. The lowest BCUT2D eigenvalue weighted by atomic mass is 10.0. The molecule has 0 saturated carbocycles. The predicted octanol–water partition coefficient (Wildman–Crippen LogP) is 1.94. The van der Waals surface area contributed by atoms with Gasteiger partial charge in [0.1, 0.15) is 0 Å². The highest BCUT2D eigenvalue weighted by Crippen LogP contribution is 2.39. The zero-order valence-corrected chi connectivity index (χ0v) is 9.00. The Morgan fingerprint density at radius 3 is 2.88 bits per heavy atom. The number of fused-ring (bicyclic) bond motifs is 1. The molecular formula is C9H10ClFN2O3. The normalized spacial score (nSPS) is 18.0. The third-order valence-electron chi connectivity index (χ3n) is 2.37. The van der Waals surface area contributed by atoms with Gasteiger partial charge in [-0.15, -0.1) is 12.4 Å². The summed E-state index contributed by atoms with van der Waals surface area (Å²) in [6.45, 7) is 0.276. The summed E-state index contributed by atoms with van der Waals surface area (Å²) in [6, 6.07) is 2.15. The molecule has 1 aromatic rings. The Morgan fingerprint density at radius 1 is 1.56 bits per heavy atom. The molecule has 5 nitrogen and oxygen atoms in total. The standard InChI is InChI=1S/C9H9FN2O3.ClH/c10-6-2-1-5-7(11)3-4-15-9(5)8(6)12(13)14;/h1-2,7H,3-4,11H2;1H/t7-;/m1./s1. The summed E-state index contributed by atoms with van der Waals surface area (Å²) in [5, 5.41) is 10.6. The highest BCUT2D eigenvalue weighted by molar-refractivity contribution is 5.85. The predicted molar refractivity (Wildman–Crippen MR) is 57.3 cm³/mol. The number of rotatable bonds is 1. The number of benzene rings is 1. The third-order valence-corrected chi connectivity index (χ3v) is 2.37. The smallest absolute Gasteiger partial charge is 0.346 e. The molecule has 0 radical (unpaired) electrons. The van der Waals surface area contributed by atoms with E-state index in [1.165, 1.54) is 6.07 Å². The van der Waals surface area contributed by atoms with Crippen LogP contribution in [-0.4, -0.2) is 11.5 Å². The quantitative estimate of drug-likeness (QED) is 0.608. The minimum absolute atomic E-state index is 0. The van der Waals surface area contributed by atoms with E-state index < -0.39 is 16.4 Å². The van der Waals surface area contributed by atoms with E-state index in [4.69, 9.17) is 10.5 Å². The highest BCUT2D eigenvalue weighted by Gasteiger charge is 2.30. The van der Waals surface area contributed by atoms with Crippen molar-refractivity contribution in [3.63, 3.8) is 0 Å². The molecular weight excluding hydrogens is 239 g/mol. The molecule has 16 heavy (non-hydrogen) atoms. The van der Waals surface area contributed by atoms with Gasteiger partial charge in [-0.2, -0.15) is 4.39 Å². The molecule has 1 atom stereocenters. The zero-order valence-electron chi connectivity index (χ0n) is 8.18. The third kappa shape index (κ3) is 1.94. The van der Waals surface area contributed by atoms with E-state index in [9.17, 15) is 14.5 Å². The van der Waals surface area contributed by atoms with Crippen molar-refractivity contribution in [2.75, 3.05) is 6.61 Å². The van der Waals surface area contributed by atoms with E-state index in [2.05, 4.69) is 0 Å². The van der Waals surface area contributed by atoms with Gasteiger partial charge >= 0.3 is 5.69 Å². The van der Waals surface area contributed by atoms with Gasteiger partial charge in [0.2, 0.25) is 11.6 Å². The molecule has 0 aliphatic carbocycles. The Bertz CT molecular complexity index is 427. The van der Waals surface area contributed by atoms with Gasteiger partial charge in [-0.3, -0.25) is 10.1 Å². The lowest BCUT2D eigenvalue weighted by Crippen LogP contribution is -2.21. The summed E-state index contributed by atoms with van der Waals surface area (Å²) in [7, 11) is 0. The van der Waals surface area contributed by atoms with Crippen LogP contribution in [0.25, 0.3) is 0 Å². The summed E-state index contributed by atoms with van der Waals surface area (Å²) < 4.78 is 18.3. The molecule has 0 unspecified atom stereocenters. The number of nitro benzene ring substituents is 1. The minimum Gasteiger partial charge on any atom is -0.486 e. The molecule has 1 aromatic carbocycles. The lowest BCUT2D eigenvalue weighted by molar-refractivity contribution is -0.388. The molecule has 0 saturated heterocycles. The molecule has 0 spiro atoms. The van der Waals surface area contributed by atoms with Crippen molar-refractivity contribution in [1.29, 1.82) is 0 Å². The average molecular weight is 249 g/mol. The van der Waals surface area contributed by atoms with Crippen LogP contribution in [0.5, 0.6) is 5.75 Å². The number of halogens is 2. The Balaban J connectivity index is 0.00000128. The van der Waals surface area contributed by atoms with Gasteiger partial charge in [0.25, 0.3) is 0 Å². The van der Waals surface area contributed by atoms with Crippen molar-refractivity contribution in [3.05, 3.63) is 33.6 Å². The van der Waals surface area contributed by atoms with Crippen molar-refractivity contribution in [3.8, 4) is 5.75 Å². The van der Waals surface area contributed by atoms with Crippen LogP contribution in [0.1, 0.15) is 18.0 Å². The number of nitrogens with two attached hydrogens (primary N) is 1. The van der Waals surface area contributed by atoms with Crippen LogP contribution in [0.15, 0.2) is 12.1 Å². The first-order valence-electron chi connectivity index (χ1n) is 4.46. The van der Waals surface area contributed by atoms with Crippen LogP contribution in [0.2, 0.25) is 0 Å². The Kier molecular flexibility index (Phi) is 3.66. The second-order valence-corrected chi connectivity index (χ2v) is 3.32. The first-order chi connectivity index (χ1) is 7.11. The summed E-state index contributed by atoms with van der Waals surface area (Å²) in [4.78, 5) is 9.86. The average Bonchev–Trinajstić information content (AvgIpc) is 2.17. The van der Waals surface area contributed by atoms with Gasteiger partial charge in [-0.25, -0.2) is 0 Å². The van der Waals surface area contributed by atoms with Gasteiger partial charge in [0.15, 0.2) is 0 Å². The molecule has 1 heterocycles. The fourth-order valence-electron chi connectivity index (χ4n) is 1.62. The van der Waals surface area contributed by atoms with Crippen molar-refractivity contribution in [2.24, 2.45) is 5.73 Å². The number of hydrogen-bond acceptors (Lipinski definition) is 4. The first-order valence-corrected chi connectivity index (χ1v) is 4.46. The molecule has 1 aliphatic heterocycles. The Labute approximate surface area is 96.9 Å². The summed E-state index contributed by atoms with van der Waals surface area (Å²) in [5.41, 5.74) is 5.61. The number of ether oxygens (including phenoxy) is 1. The molecule has 0 amide bonds. The second-order valence-electron chi connectivity index (χ2n) is 3.32. The van der Waals surface area contributed by atoms with Crippen LogP contribution in [0.4, 0.5) is 10.1 Å². The van der Waals surface area contributed by atoms with Crippen molar-refractivity contribution >= 4 is 18.1 Å². The van der Waals surface area contributed by atoms with Crippen LogP contribution >= 0.6 is 12.4 Å². The molecule has 1 aliphatic rings. The van der Waals surface area contributed by atoms with E-state index in [0.717, 1.165) is 6.07 Å². The summed E-state index contributed by atoms with van der Waals surface area (Å²) in [6.07, 6.45) is 0.579. The van der Waals surface area contributed by atoms with Gasteiger partial charge in [-0.1, -0.05) is 6.07 Å². The summed E-state index contributed by atoms with van der Waals surface area (Å²) in [5.74, 6) is -0.924. The maximum Gasteiger partial charge on any atom is 0.346 e. The number of hydrogen-bond donors (Lipinski definition) is 1. The van der Waals surface area contributed by atoms with E-state index in [1.54, 1.807) is 0 Å². The number of nitrogens with zero attached hydrogens (tertiary/aromatic N) is 1. The Morgan fingerprint density at radius 2 is 2.25 bits per heavy atom. The molecule has 7 heteroatoms. The van der Waals surface area contributed by atoms with E-state index in [-0.39, 0.29) is 30.8 Å². The van der Waals surface area contributed by atoms with E-state index in [0.29, 0.717) is 12.0 Å². The van der Waals surface area contributed by atoms with Crippen molar-refractivity contribution in [2.45, 2.75) is 12.5 Å². The Hall–Kier alpha value is -1.40. The van der Waals surface area contributed by atoms with Crippen molar-refractivity contribution < 1.29 is 14.1 Å². The topological polar surface area (TPSA) is 78.4 Å². The maximum atomic E-state index is 13.2. The van der Waals surface area contributed by atoms with E-state index >= 15 is 0 Å².